The summed E-state index contributed by atoms with van der Waals surface area (Å²) < 4.78 is 13.5. The van der Waals surface area contributed by atoms with Gasteiger partial charge in [0.15, 0.2) is 0 Å². The zero-order valence-corrected chi connectivity index (χ0v) is 10.2. The van der Waals surface area contributed by atoms with Crippen molar-refractivity contribution >= 4 is 12.7 Å². The number of nitrogens with two attached hydrogens (primary N) is 2. The molecule has 0 aliphatic rings. The van der Waals surface area contributed by atoms with Crippen LogP contribution < -0.4 is 17.1 Å². The lowest BCUT2D eigenvalue weighted by Gasteiger charge is -2.25. The third kappa shape index (κ3) is 4.62. The molecule has 0 aromatic heterocycles. The SMILES string of the molecule is C=C/C(F)=C(\N=CN)C(C)C(O)CN(C=N)NN. The van der Waals surface area contributed by atoms with Crippen LogP contribution in [0.15, 0.2) is 29.2 Å². The summed E-state index contributed by atoms with van der Waals surface area (Å²) in [5.41, 5.74) is 7.30. The first kappa shape index (κ1) is 16.2. The Hall–Kier alpha value is -1.77. The Morgan fingerprint density at radius 1 is 1.72 bits per heavy atom. The van der Waals surface area contributed by atoms with Gasteiger partial charge in [0.25, 0.3) is 0 Å². The Labute approximate surface area is 105 Å². The molecule has 0 saturated carbocycles. The van der Waals surface area contributed by atoms with Gasteiger partial charge in [-0.05, 0) is 6.08 Å². The van der Waals surface area contributed by atoms with Crippen molar-refractivity contribution in [2.75, 3.05) is 6.54 Å². The fourth-order valence-corrected chi connectivity index (χ4v) is 1.27. The van der Waals surface area contributed by atoms with E-state index in [2.05, 4.69) is 17.1 Å². The standard InChI is InChI=1S/C10H19FN6O/c1-3-8(11)10(15-5-12)7(2)9(18)4-17(6-13)16-14/h3,5-7,9,13,16,18H,1,4,14H2,2H3,(H2,12,15)/b10-8+,13-6?. The summed E-state index contributed by atoms with van der Waals surface area (Å²) in [6, 6.07) is 0. The third-order valence-corrected chi connectivity index (χ3v) is 2.35. The van der Waals surface area contributed by atoms with E-state index in [1.807, 2.05) is 0 Å². The van der Waals surface area contributed by atoms with Crippen molar-refractivity contribution in [3.63, 3.8) is 0 Å². The maximum Gasteiger partial charge on any atom is 0.144 e. The van der Waals surface area contributed by atoms with Crippen LogP contribution in [0.5, 0.6) is 0 Å². The maximum absolute atomic E-state index is 13.5. The fourth-order valence-electron chi connectivity index (χ4n) is 1.27. The van der Waals surface area contributed by atoms with Gasteiger partial charge >= 0.3 is 0 Å². The fraction of sp³-hybridized carbons (Fsp3) is 0.400. The molecule has 8 heteroatoms. The number of rotatable bonds is 8. The highest BCUT2D eigenvalue weighted by molar-refractivity contribution is 5.54. The summed E-state index contributed by atoms with van der Waals surface area (Å²) in [6.45, 7) is 4.86. The monoisotopic (exact) mass is 258 g/mol. The molecule has 18 heavy (non-hydrogen) atoms. The van der Waals surface area contributed by atoms with Gasteiger partial charge in [0, 0.05) is 5.92 Å². The molecule has 0 fully saturated rings. The molecule has 0 spiro atoms. The summed E-state index contributed by atoms with van der Waals surface area (Å²) in [5, 5.41) is 18.0. The number of hydrogen-bond donors (Lipinski definition) is 5. The van der Waals surface area contributed by atoms with E-state index in [1.54, 1.807) is 6.92 Å². The summed E-state index contributed by atoms with van der Waals surface area (Å²) >= 11 is 0. The first-order valence-corrected chi connectivity index (χ1v) is 5.19. The third-order valence-electron chi connectivity index (χ3n) is 2.35. The van der Waals surface area contributed by atoms with Crippen molar-refractivity contribution in [1.82, 2.24) is 10.5 Å². The number of nitrogens with zero attached hydrogens (tertiary/aromatic N) is 2. The van der Waals surface area contributed by atoms with E-state index in [0.29, 0.717) is 0 Å². The molecule has 102 valence electrons. The van der Waals surface area contributed by atoms with Gasteiger partial charge in [-0.15, -0.1) is 0 Å². The molecule has 7 N–H and O–H groups in total. The first-order chi connectivity index (χ1) is 8.51. The van der Waals surface area contributed by atoms with E-state index in [0.717, 1.165) is 23.8 Å². The van der Waals surface area contributed by atoms with Crippen LogP contribution in [0.2, 0.25) is 0 Å². The van der Waals surface area contributed by atoms with E-state index >= 15 is 0 Å². The highest BCUT2D eigenvalue weighted by atomic mass is 19.1. The van der Waals surface area contributed by atoms with Gasteiger partial charge in [0.1, 0.15) is 5.83 Å². The molecule has 0 heterocycles. The Bertz CT molecular complexity index is 343. The minimum Gasteiger partial charge on any atom is -0.391 e. The van der Waals surface area contributed by atoms with E-state index in [4.69, 9.17) is 17.0 Å². The number of nitrogens with one attached hydrogen (secondary N) is 2. The molecular weight excluding hydrogens is 239 g/mol. The Balaban J connectivity index is 4.93. The van der Waals surface area contributed by atoms with Gasteiger partial charge in [-0.3, -0.25) is 16.3 Å². The highest BCUT2D eigenvalue weighted by Gasteiger charge is 2.22. The first-order valence-electron chi connectivity index (χ1n) is 5.19. The molecule has 7 nitrogen and oxygen atoms in total. The summed E-state index contributed by atoms with van der Waals surface area (Å²) in [4.78, 5) is 3.67. The highest BCUT2D eigenvalue weighted by Crippen LogP contribution is 2.21. The van der Waals surface area contributed by atoms with Crippen LogP contribution in [-0.2, 0) is 0 Å². The van der Waals surface area contributed by atoms with Gasteiger partial charge in [0.2, 0.25) is 0 Å². The smallest absolute Gasteiger partial charge is 0.144 e. The average Bonchev–Trinajstić information content (AvgIpc) is 2.40. The summed E-state index contributed by atoms with van der Waals surface area (Å²) in [7, 11) is 0. The average molecular weight is 258 g/mol. The molecule has 0 rings (SSSR count). The zero-order valence-electron chi connectivity index (χ0n) is 10.2. The molecule has 2 unspecified atom stereocenters. The molecule has 0 aliphatic heterocycles. The molecule has 0 aliphatic carbocycles. The quantitative estimate of drug-likeness (QED) is 0.133. The molecule has 2 atom stereocenters. The van der Waals surface area contributed by atoms with Gasteiger partial charge in [-0.2, -0.15) is 5.53 Å². The molecule has 0 amide bonds. The minimum absolute atomic E-state index is 0.00478. The van der Waals surface area contributed by atoms with Crippen LogP contribution in [0.1, 0.15) is 6.92 Å². The predicted molar refractivity (Wildman–Crippen MR) is 69.0 cm³/mol. The molecule has 0 aromatic carbocycles. The van der Waals surface area contributed by atoms with Crippen molar-refractivity contribution in [1.29, 1.82) is 5.41 Å². The van der Waals surface area contributed by atoms with Crippen molar-refractivity contribution in [2.45, 2.75) is 13.0 Å². The number of hydrogen-bond acceptors (Lipinski definition) is 5. The minimum atomic E-state index is -0.993. The Kier molecular flexibility index (Phi) is 7.52. The van der Waals surface area contributed by atoms with Crippen molar-refractivity contribution in [3.05, 3.63) is 24.2 Å². The summed E-state index contributed by atoms with van der Waals surface area (Å²) in [6.07, 6.45) is 1.83. The number of halogens is 1. The van der Waals surface area contributed by atoms with Crippen molar-refractivity contribution in [3.8, 4) is 0 Å². The number of aliphatic imine (C=N–C) groups is 1. The van der Waals surface area contributed by atoms with E-state index in [9.17, 15) is 9.50 Å². The number of allylic oxidation sites excluding steroid dienone is 2. The number of hydrazine groups is 2. The lowest BCUT2D eigenvalue weighted by Crippen LogP contribution is -2.47. The summed E-state index contributed by atoms with van der Waals surface area (Å²) in [5.74, 6) is 3.81. The van der Waals surface area contributed by atoms with Gasteiger partial charge in [0.05, 0.1) is 31.0 Å². The van der Waals surface area contributed by atoms with E-state index in [-0.39, 0.29) is 12.2 Å². The van der Waals surface area contributed by atoms with Crippen molar-refractivity contribution < 1.29 is 9.50 Å². The number of aliphatic hydroxyl groups is 1. The van der Waals surface area contributed by atoms with Crippen LogP contribution in [0, 0.1) is 11.3 Å². The lowest BCUT2D eigenvalue weighted by molar-refractivity contribution is 0.0914. The van der Waals surface area contributed by atoms with Gasteiger partial charge in [-0.1, -0.05) is 13.5 Å². The van der Waals surface area contributed by atoms with Crippen LogP contribution in [-0.4, -0.2) is 35.4 Å². The lowest BCUT2D eigenvalue weighted by atomic mass is 10.00. The van der Waals surface area contributed by atoms with Crippen LogP contribution in [0.4, 0.5) is 4.39 Å². The van der Waals surface area contributed by atoms with Crippen molar-refractivity contribution in [2.24, 2.45) is 22.5 Å². The molecule has 0 aromatic rings. The second kappa shape index (κ2) is 8.34. The number of aliphatic hydroxyl groups excluding tert-OH is 1. The Morgan fingerprint density at radius 3 is 2.72 bits per heavy atom. The Morgan fingerprint density at radius 2 is 2.33 bits per heavy atom. The molecule has 0 bridgehead atoms. The molecular formula is C10H19FN6O. The van der Waals surface area contributed by atoms with E-state index < -0.39 is 17.8 Å². The molecule has 0 radical (unpaired) electrons. The van der Waals surface area contributed by atoms with Gasteiger partial charge < -0.3 is 10.8 Å². The van der Waals surface area contributed by atoms with E-state index in [1.165, 1.54) is 0 Å². The van der Waals surface area contributed by atoms with Crippen LogP contribution in [0.3, 0.4) is 0 Å². The second-order valence-electron chi connectivity index (χ2n) is 3.48. The second-order valence-corrected chi connectivity index (χ2v) is 3.48. The zero-order chi connectivity index (χ0) is 14.1. The normalized spacial score (nSPS) is 16.0. The van der Waals surface area contributed by atoms with Gasteiger partial charge in [-0.25, -0.2) is 9.38 Å². The van der Waals surface area contributed by atoms with Crippen LogP contribution in [0.25, 0.3) is 0 Å². The maximum atomic E-state index is 13.5. The molecule has 0 saturated heterocycles. The van der Waals surface area contributed by atoms with Crippen LogP contribution >= 0.6 is 0 Å². The predicted octanol–water partition coefficient (Wildman–Crippen LogP) is -0.375. The largest absolute Gasteiger partial charge is 0.391 e. The topological polar surface area (TPSA) is 124 Å².